The van der Waals surface area contributed by atoms with Crippen LogP contribution in [0.1, 0.15) is 12.5 Å². The van der Waals surface area contributed by atoms with Crippen molar-refractivity contribution in [3.63, 3.8) is 0 Å². The zero-order valence-electron chi connectivity index (χ0n) is 8.07. The van der Waals surface area contributed by atoms with E-state index in [0.717, 1.165) is 17.1 Å². The largest absolute Gasteiger partial charge is 0.322 e. The van der Waals surface area contributed by atoms with Gasteiger partial charge in [-0.25, -0.2) is 0 Å². The first-order valence-corrected chi connectivity index (χ1v) is 5.11. The van der Waals surface area contributed by atoms with Crippen LogP contribution in [-0.2, 0) is 6.42 Å². The lowest BCUT2D eigenvalue weighted by molar-refractivity contribution is 1.07. The minimum atomic E-state index is 0.806. The number of aryl methyl sites for hydroxylation is 1. The third-order valence-electron chi connectivity index (χ3n) is 2.30. The lowest BCUT2D eigenvalue weighted by atomic mass is 10.1. The number of nitrogens with zero attached hydrogens (tertiary/aromatic N) is 1. The van der Waals surface area contributed by atoms with Crippen LogP contribution in [0.2, 0.25) is 5.02 Å². The van der Waals surface area contributed by atoms with E-state index in [4.69, 9.17) is 11.6 Å². The van der Waals surface area contributed by atoms with Gasteiger partial charge in [-0.3, -0.25) is 0 Å². The Bertz CT molecular complexity index is 418. The van der Waals surface area contributed by atoms with E-state index in [1.165, 1.54) is 5.56 Å². The number of benzene rings is 1. The lowest BCUT2D eigenvalue weighted by Crippen LogP contribution is -1.91. The molecule has 1 heterocycles. The Hall–Kier alpha value is -1.21. The molecule has 2 heteroatoms. The lowest BCUT2D eigenvalue weighted by Gasteiger charge is -2.06. The fraction of sp³-hybridized carbons (Fsp3) is 0.167. The highest BCUT2D eigenvalue weighted by molar-refractivity contribution is 6.32. The van der Waals surface area contributed by atoms with Gasteiger partial charge in [-0.2, -0.15) is 0 Å². The number of hydrogen-bond acceptors (Lipinski definition) is 0. The Morgan fingerprint density at radius 2 is 1.93 bits per heavy atom. The molecule has 0 aliphatic heterocycles. The second-order valence-corrected chi connectivity index (χ2v) is 3.64. The standard InChI is InChI=1S/C12H12ClN/c1-2-10-5-6-12(11(13)9-10)14-7-3-4-8-14/h3-9H,2H2,1H3. The molecule has 0 bridgehead atoms. The average Bonchev–Trinajstić information content (AvgIpc) is 2.70. The molecule has 14 heavy (non-hydrogen) atoms. The third kappa shape index (κ3) is 1.68. The van der Waals surface area contributed by atoms with Crippen molar-refractivity contribution in [2.75, 3.05) is 0 Å². The summed E-state index contributed by atoms with van der Waals surface area (Å²) in [5.74, 6) is 0. The molecule has 0 saturated carbocycles. The summed E-state index contributed by atoms with van der Waals surface area (Å²) in [5.41, 5.74) is 2.31. The molecular weight excluding hydrogens is 194 g/mol. The smallest absolute Gasteiger partial charge is 0.0649 e. The number of hydrogen-bond donors (Lipinski definition) is 0. The quantitative estimate of drug-likeness (QED) is 0.705. The summed E-state index contributed by atoms with van der Waals surface area (Å²) in [4.78, 5) is 0. The Labute approximate surface area is 88.9 Å². The first kappa shape index (κ1) is 9.35. The van der Waals surface area contributed by atoms with Gasteiger partial charge in [0.25, 0.3) is 0 Å². The molecule has 72 valence electrons. The fourth-order valence-corrected chi connectivity index (χ4v) is 1.78. The zero-order valence-corrected chi connectivity index (χ0v) is 8.83. The molecule has 0 fully saturated rings. The fourth-order valence-electron chi connectivity index (χ4n) is 1.47. The summed E-state index contributed by atoms with van der Waals surface area (Å²) in [6.45, 7) is 2.13. The number of rotatable bonds is 2. The van der Waals surface area contributed by atoms with Crippen molar-refractivity contribution >= 4 is 11.6 Å². The first-order chi connectivity index (χ1) is 6.81. The second-order valence-electron chi connectivity index (χ2n) is 3.23. The molecule has 1 nitrogen and oxygen atoms in total. The summed E-state index contributed by atoms with van der Waals surface area (Å²) >= 11 is 6.18. The van der Waals surface area contributed by atoms with Crippen LogP contribution in [-0.4, -0.2) is 4.57 Å². The first-order valence-electron chi connectivity index (χ1n) is 4.73. The molecule has 0 saturated heterocycles. The van der Waals surface area contributed by atoms with Crippen LogP contribution >= 0.6 is 11.6 Å². The second kappa shape index (κ2) is 3.89. The van der Waals surface area contributed by atoms with Gasteiger partial charge in [0, 0.05) is 12.4 Å². The Morgan fingerprint density at radius 1 is 1.21 bits per heavy atom. The number of aromatic nitrogens is 1. The highest BCUT2D eigenvalue weighted by Crippen LogP contribution is 2.22. The van der Waals surface area contributed by atoms with E-state index < -0.39 is 0 Å². The van der Waals surface area contributed by atoms with Gasteiger partial charge in [-0.05, 0) is 36.2 Å². The molecule has 0 spiro atoms. The van der Waals surface area contributed by atoms with Crippen LogP contribution in [0.5, 0.6) is 0 Å². The molecule has 0 aliphatic carbocycles. The van der Waals surface area contributed by atoms with Crippen molar-refractivity contribution in [3.8, 4) is 5.69 Å². The van der Waals surface area contributed by atoms with Gasteiger partial charge < -0.3 is 4.57 Å². The van der Waals surface area contributed by atoms with Gasteiger partial charge >= 0.3 is 0 Å². The van der Waals surface area contributed by atoms with Crippen LogP contribution in [0, 0.1) is 0 Å². The predicted molar refractivity (Wildman–Crippen MR) is 60.2 cm³/mol. The van der Waals surface area contributed by atoms with E-state index in [1.54, 1.807) is 0 Å². The molecule has 1 aromatic carbocycles. The molecule has 0 atom stereocenters. The third-order valence-corrected chi connectivity index (χ3v) is 2.61. The van der Waals surface area contributed by atoms with Crippen LogP contribution in [0.25, 0.3) is 5.69 Å². The van der Waals surface area contributed by atoms with Gasteiger partial charge in [-0.1, -0.05) is 24.6 Å². The summed E-state index contributed by atoms with van der Waals surface area (Å²) in [6.07, 6.45) is 5.01. The Morgan fingerprint density at radius 3 is 2.50 bits per heavy atom. The molecule has 2 rings (SSSR count). The Kier molecular flexibility index (Phi) is 2.60. The van der Waals surface area contributed by atoms with E-state index in [2.05, 4.69) is 19.1 Å². The summed E-state index contributed by atoms with van der Waals surface area (Å²) in [7, 11) is 0. The van der Waals surface area contributed by atoms with Gasteiger partial charge in [0.2, 0.25) is 0 Å². The molecular formula is C12H12ClN. The van der Waals surface area contributed by atoms with Crippen molar-refractivity contribution in [1.29, 1.82) is 0 Å². The average molecular weight is 206 g/mol. The Balaban J connectivity index is 2.46. The number of halogens is 1. The molecule has 0 amide bonds. The molecule has 0 unspecified atom stereocenters. The monoisotopic (exact) mass is 205 g/mol. The van der Waals surface area contributed by atoms with Crippen molar-refractivity contribution in [2.45, 2.75) is 13.3 Å². The predicted octanol–water partition coefficient (Wildman–Crippen LogP) is 3.69. The summed E-state index contributed by atoms with van der Waals surface area (Å²) < 4.78 is 2.02. The molecule has 2 aromatic rings. The van der Waals surface area contributed by atoms with Gasteiger partial charge in [0.1, 0.15) is 0 Å². The highest BCUT2D eigenvalue weighted by Gasteiger charge is 2.01. The SMILES string of the molecule is CCc1ccc(-n2cccc2)c(Cl)c1. The van der Waals surface area contributed by atoms with Crippen LogP contribution in [0.15, 0.2) is 42.7 Å². The van der Waals surface area contributed by atoms with Crippen molar-refractivity contribution in [2.24, 2.45) is 0 Å². The van der Waals surface area contributed by atoms with Crippen LogP contribution in [0.4, 0.5) is 0 Å². The zero-order chi connectivity index (χ0) is 9.97. The van der Waals surface area contributed by atoms with E-state index in [9.17, 15) is 0 Å². The minimum absolute atomic E-state index is 0.806. The highest BCUT2D eigenvalue weighted by atomic mass is 35.5. The van der Waals surface area contributed by atoms with Crippen LogP contribution in [0.3, 0.4) is 0 Å². The maximum absolute atomic E-state index is 6.18. The van der Waals surface area contributed by atoms with E-state index in [-0.39, 0.29) is 0 Å². The van der Waals surface area contributed by atoms with Crippen molar-refractivity contribution < 1.29 is 0 Å². The van der Waals surface area contributed by atoms with Gasteiger partial charge in [0.15, 0.2) is 0 Å². The maximum atomic E-state index is 6.18. The topological polar surface area (TPSA) is 4.93 Å². The van der Waals surface area contributed by atoms with Crippen molar-refractivity contribution in [3.05, 3.63) is 53.3 Å². The van der Waals surface area contributed by atoms with E-state index in [1.807, 2.05) is 35.2 Å². The summed E-state index contributed by atoms with van der Waals surface area (Å²) in [5, 5.41) is 0.806. The van der Waals surface area contributed by atoms with E-state index in [0.29, 0.717) is 0 Å². The molecule has 0 aliphatic rings. The normalized spacial score (nSPS) is 10.4. The molecule has 1 aromatic heterocycles. The van der Waals surface area contributed by atoms with Gasteiger partial charge in [0.05, 0.1) is 10.7 Å². The van der Waals surface area contributed by atoms with Crippen LogP contribution < -0.4 is 0 Å². The molecule has 0 N–H and O–H groups in total. The van der Waals surface area contributed by atoms with E-state index >= 15 is 0 Å². The summed E-state index contributed by atoms with van der Waals surface area (Å²) in [6, 6.07) is 10.2. The maximum Gasteiger partial charge on any atom is 0.0649 e. The molecule has 0 radical (unpaired) electrons. The van der Waals surface area contributed by atoms with Crippen molar-refractivity contribution in [1.82, 2.24) is 4.57 Å². The van der Waals surface area contributed by atoms with Gasteiger partial charge in [-0.15, -0.1) is 0 Å². The minimum Gasteiger partial charge on any atom is -0.322 e.